The summed E-state index contributed by atoms with van der Waals surface area (Å²) >= 11 is 6.27. The number of H-pyrrole nitrogens is 1. The van der Waals surface area contributed by atoms with Gasteiger partial charge in [-0.15, -0.1) is 5.10 Å². The Bertz CT molecular complexity index is 2080. The van der Waals surface area contributed by atoms with Crippen LogP contribution >= 0.6 is 11.6 Å². The Labute approximate surface area is 250 Å². The topological polar surface area (TPSA) is 103 Å². The van der Waals surface area contributed by atoms with Crippen molar-refractivity contribution >= 4 is 17.3 Å². The first-order valence-corrected chi connectivity index (χ1v) is 14.0. The van der Waals surface area contributed by atoms with Crippen molar-refractivity contribution in [2.24, 2.45) is 5.92 Å². The van der Waals surface area contributed by atoms with Gasteiger partial charge in [0.25, 0.3) is 5.56 Å². The first-order valence-electron chi connectivity index (χ1n) is 13.6. The molecule has 8 rings (SSSR count). The van der Waals surface area contributed by atoms with E-state index in [1.165, 1.54) is 18.2 Å². The molecule has 2 aromatic carbocycles. The van der Waals surface area contributed by atoms with Crippen molar-refractivity contribution in [3.63, 3.8) is 0 Å². The number of nitrogens with one attached hydrogen (secondary N) is 2. The fraction of sp³-hybridized carbons (Fsp3) is 0.200. The van der Waals surface area contributed by atoms with Gasteiger partial charge in [-0.1, -0.05) is 23.4 Å². The molecule has 0 spiro atoms. The van der Waals surface area contributed by atoms with E-state index < -0.39 is 23.9 Å². The molecule has 222 valence electrons. The molecule has 5 heterocycles. The second-order valence-corrected chi connectivity index (χ2v) is 11.5. The van der Waals surface area contributed by atoms with E-state index in [-0.39, 0.29) is 28.8 Å². The maximum absolute atomic E-state index is 15.4. The summed E-state index contributed by atoms with van der Waals surface area (Å²) in [6, 6.07) is 12.5. The lowest BCUT2D eigenvalue weighted by atomic mass is 10.0. The van der Waals surface area contributed by atoms with Crippen LogP contribution in [0, 0.1) is 11.9 Å². The molecule has 5 aromatic rings. The molecule has 3 unspecified atom stereocenters. The first-order chi connectivity index (χ1) is 21.0. The minimum atomic E-state index is -4.67. The molecule has 44 heavy (non-hydrogen) atoms. The van der Waals surface area contributed by atoms with Gasteiger partial charge >= 0.3 is 6.18 Å². The number of aromatic amines is 1. The number of fused-ring (bicyclic) bond motifs is 4. The predicted molar refractivity (Wildman–Crippen MR) is 152 cm³/mol. The summed E-state index contributed by atoms with van der Waals surface area (Å²) in [6.07, 6.45) is -3.15. The molecule has 0 amide bonds. The number of alkyl halides is 3. The van der Waals surface area contributed by atoms with Crippen molar-refractivity contribution < 1.29 is 22.3 Å². The second kappa shape index (κ2) is 9.29. The summed E-state index contributed by atoms with van der Waals surface area (Å²) < 4.78 is 63.4. The summed E-state index contributed by atoms with van der Waals surface area (Å²) in [7, 11) is 0. The molecule has 1 fully saturated rings. The van der Waals surface area contributed by atoms with Crippen LogP contribution in [0.25, 0.3) is 28.2 Å². The van der Waals surface area contributed by atoms with Crippen LogP contribution in [0.5, 0.6) is 5.75 Å². The number of hydrogen-bond acceptors (Lipinski definition) is 6. The zero-order valence-corrected chi connectivity index (χ0v) is 23.2. The zero-order chi connectivity index (χ0) is 30.5. The van der Waals surface area contributed by atoms with Gasteiger partial charge in [-0.3, -0.25) is 4.79 Å². The molecule has 2 N–H and O–H groups in total. The molecule has 0 radical (unpaired) electrons. The Morgan fingerprint density at radius 2 is 1.93 bits per heavy atom. The monoisotopic (exact) mass is 621 g/mol. The van der Waals surface area contributed by atoms with Gasteiger partial charge in [-0.05, 0) is 60.4 Å². The van der Waals surface area contributed by atoms with E-state index in [9.17, 15) is 18.0 Å². The number of pyridine rings is 1. The summed E-state index contributed by atoms with van der Waals surface area (Å²) in [5, 5.41) is 10.4. The number of aromatic nitrogens is 6. The highest BCUT2D eigenvalue weighted by atomic mass is 35.5. The number of ether oxygens (including phenoxy) is 1. The van der Waals surface area contributed by atoms with Gasteiger partial charge < -0.3 is 19.6 Å². The van der Waals surface area contributed by atoms with Gasteiger partial charge in [-0.2, -0.15) is 17.6 Å². The summed E-state index contributed by atoms with van der Waals surface area (Å²) in [5.74, 6) is 0.172. The maximum Gasteiger partial charge on any atom is 0.436 e. The largest absolute Gasteiger partial charge is 0.485 e. The number of imidazole rings is 1. The molecule has 1 saturated carbocycles. The van der Waals surface area contributed by atoms with Crippen molar-refractivity contribution in [3.8, 4) is 34.0 Å². The molecular weight excluding hydrogens is 602 g/mol. The Balaban J connectivity index is 1.17. The van der Waals surface area contributed by atoms with Crippen LogP contribution in [0.4, 0.5) is 23.2 Å². The van der Waals surface area contributed by atoms with E-state index in [1.807, 2.05) is 0 Å². The fourth-order valence-electron chi connectivity index (χ4n) is 6.21. The van der Waals surface area contributed by atoms with E-state index in [0.29, 0.717) is 45.6 Å². The average molecular weight is 622 g/mol. The normalized spacial score (nSPS) is 20.0. The summed E-state index contributed by atoms with van der Waals surface area (Å²) in [4.78, 5) is 20.9. The molecule has 14 heteroatoms. The molecular formula is C30H20ClF4N7O2. The van der Waals surface area contributed by atoms with Gasteiger partial charge in [0.2, 0.25) is 5.95 Å². The van der Waals surface area contributed by atoms with Crippen molar-refractivity contribution in [1.82, 2.24) is 29.5 Å². The van der Waals surface area contributed by atoms with Gasteiger partial charge in [0.15, 0.2) is 5.69 Å². The van der Waals surface area contributed by atoms with E-state index >= 15 is 4.39 Å². The number of nitrogens with zero attached hydrogens (tertiary/aromatic N) is 5. The highest BCUT2D eigenvalue weighted by molar-refractivity contribution is 6.31. The second-order valence-electron chi connectivity index (χ2n) is 11.1. The van der Waals surface area contributed by atoms with E-state index in [2.05, 4.69) is 32.2 Å². The summed E-state index contributed by atoms with van der Waals surface area (Å²) in [6.45, 7) is 4.17. The highest BCUT2D eigenvalue weighted by Crippen LogP contribution is 2.61. The lowest BCUT2D eigenvalue weighted by Gasteiger charge is -2.21. The quantitative estimate of drug-likeness (QED) is 0.228. The van der Waals surface area contributed by atoms with Gasteiger partial charge in [0.1, 0.15) is 18.2 Å². The van der Waals surface area contributed by atoms with Crippen LogP contribution in [-0.4, -0.2) is 36.1 Å². The third-order valence-corrected chi connectivity index (χ3v) is 8.49. The van der Waals surface area contributed by atoms with Crippen molar-refractivity contribution in [2.45, 2.75) is 24.6 Å². The Morgan fingerprint density at radius 3 is 2.73 bits per heavy atom. The van der Waals surface area contributed by atoms with Gasteiger partial charge in [0, 0.05) is 39.5 Å². The zero-order valence-electron chi connectivity index (χ0n) is 22.5. The molecule has 9 nitrogen and oxygen atoms in total. The smallest absolute Gasteiger partial charge is 0.436 e. The molecule has 0 bridgehead atoms. The Hall–Kier alpha value is -4.91. The van der Waals surface area contributed by atoms with Crippen LogP contribution in [-0.2, 0) is 6.18 Å². The fourth-order valence-corrected chi connectivity index (χ4v) is 6.38. The average Bonchev–Trinajstić information content (AvgIpc) is 3.28. The van der Waals surface area contributed by atoms with E-state index in [0.717, 1.165) is 28.7 Å². The standard InChI is InChI=1S/C30H20ClF4N7O2/c1-13-12-44-23-7-14(2-4-20(23)36-13)29-37-26(28(32)38-29)27-19-10-18(19)22-6-15(8-25(43)42(22)27)17-9-16(31)3-5-21(17)41-11-24(39-40-41)30(33,34)35/h2-9,11,18-19,27,36H,1,10,12H2,(H,37,38). The minimum absolute atomic E-state index is 0.000884. The minimum Gasteiger partial charge on any atom is -0.485 e. The lowest BCUT2D eigenvalue weighted by molar-refractivity contribution is -0.141. The molecule has 3 atom stereocenters. The van der Waals surface area contributed by atoms with Crippen molar-refractivity contribution in [1.29, 1.82) is 0 Å². The van der Waals surface area contributed by atoms with Crippen LogP contribution in [0.2, 0.25) is 5.02 Å². The Morgan fingerprint density at radius 1 is 1.09 bits per heavy atom. The van der Waals surface area contributed by atoms with Crippen molar-refractivity contribution in [2.75, 3.05) is 11.9 Å². The molecule has 1 aliphatic carbocycles. The number of hydrogen-bond donors (Lipinski definition) is 2. The number of benzene rings is 2. The molecule has 0 saturated heterocycles. The number of halogens is 5. The lowest BCUT2D eigenvalue weighted by Crippen LogP contribution is -2.26. The molecule has 3 aliphatic rings. The van der Waals surface area contributed by atoms with Gasteiger partial charge in [-0.25, -0.2) is 9.67 Å². The van der Waals surface area contributed by atoms with Crippen LogP contribution in [0.1, 0.15) is 35.5 Å². The number of anilines is 1. The first kappa shape index (κ1) is 26.7. The number of rotatable bonds is 4. The predicted octanol–water partition coefficient (Wildman–Crippen LogP) is 6.32. The summed E-state index contributed by atoms with van der Waals surface area (Å²) in [5.41, 5.74) is 2.58. The molecule has 2 aliphatic heterocycles. The third-order valence-electron chi connectivity index (χ3n) is 8.25. The third kappa shape index (κ3) is 4.21. The Kier molecular flexibility index (Phi) is 5.64. The van der Waals surface area contributed by atoms with Crippen molar-refractivity contribution in [3.05, 3.63) is 105 Å². The molecule has 3 aromatic heterocycles. The van der Waals surface area contributed by atoms with Gasteiger partial charge in [0.05, 0.1) is 29.3 Å². The van der Waals surface area contributed by atoms with E-state index in [1.54, 1.807) is 34.9 Å². The van der Waals surface area contributed by atoms with Crippen LogP contribution in [0.3, 0.4) is 0 Å². The maximum atomic E-state index is 15.4. The van der Waals surface area contributed by atoms with Crippen LogP contribution < -0.4 is 15.6 Å². The van der Waals surface area contributed by atoms with Crippen LogP contribution in [0.15, 0.2) is 71.8 Å². The van der Waals surface area contributed by atoms with E-state index in [4.69, 9.17) is 16.3 Å². The highest BCUT2D eigenvalue weighted by Gasteiger charge is 2.54. The SMILES string of the molecule is C=C1COc2cc(-c3nc(F)c(C4C5CC5c5cc(-c6cc(Cl)ccc6-n6cc(C(F)(F)F)nn6)cc(=O)n54)[nH]3)ccc2N1.